The zero-order chi connectivity index (χ0) is 15.2. The number of ether oxygens (including phenoxy) is 1. The lowest BCUT2D eigenvalue weighted by molar-refractivity contribution is 0.118. The average Bonchev–Trinajstić information content (AvgIpc) is 2.63. The second kappa shape index (κ2) is 4.80. The van der Waals surface area contributed by atoms with E-state index in [1.165, 1.54) is 27.9 Å². The van der Waals surface area contributed by atoms with Gasteiger partial charge in [0.25, 0.3) is 0 Å². The Morgan fingerprint density at radius 2 is 1.62 bits per heavy atom. The van der Waals surface area contributed by atoms with Gasteiger partial charge in [0.05, 0.1) is 6.04 Å². The third-order valence-electron chi connectivity index (χ3n) is 4.26. The lowest BCUT2D eigenvalue weighted by Gasteiger charge is -2.29. The Labute approximate surface area is 127 Å². The summed E-state index contributed by atoms with van der Waals surface area (Å²) >= 11 is 0. The van der Waals surface area contributed by atoms with Crippen LogP contribution in [0.25, 0.3) is 0 Å². The third-order valence-corrected chi connectivity index (χ3v) is 4.26. The van der Waals surface area contributed by atoms with Gasteiger partial charge in [0.1, 0.15) is 11.4 Å². The Kier molecular flexibility index (Phi) is 3.20. The van der Waals surface area contributed by atoms with E-state index >= 15 is 0 Å². The molecule has 1 aliphatic rings. The Balaban J connectivity index is 2.02. The number of anilines is 1. The lowest BCUT2D eigenvalue weighted by Crippen LogP contribution is -2.35. The summed E-state index contributed by atoms with van der Waals surface area (Å²) in [6, 6.07) is 12.9. The quantitative estimate of drug-likeness (QED) is 0.842. The van der Waals surface area contributed by atoms with E-state index in [1.54, 1.807) is 0 Å². The van der Waals surface area contributed by atoms with E-state index in [-0.39, 0.29) is 11.6 Å². The standard InChI is InChI=1S/C19H23NO/c1-12-10-13(2)17(14(3)11-12)20-18-15-8-6-7-9-16(15)21-19(18,4)5/h6-11,18,20H,1-5H3. The van der Waals surface area contributed by atoms with Crippen LogP contribution in [0.15, 0.2) is 36.4 Å². The van der Waals surface area contributed by atoms with Gasteiger partial charge in [-0.05, 0) is 51.8 Å². The normalized spacial score (nSPS) is 19.0. The first kappa shape index (κ1) is 14.0. The molecule has 0 fully saturated rings. The molecule has 2 heteroatoms. The van der Waals surface area contributed by atoms with E-state index in [0.717, 1.165) is 5.75 Å². The summed E-state index contributed by atoms with van der Waals surface area (Å²) in [5.74, 6) is 0.988. The van der Waals surface area contributed by atoms with E-state index in [9.17, 15) is 0 Å². The molecule has 1 atom stereocenters. The molecule has 1 heterocycles. The SMILES string of the molecule is Cc1cc(C)c(NC2c3ccccc3OC2(C)C)c(C)c1. The molecule has 3 rings (SSSR count). The zero-order valence-corrected chi connectivity index (χ0v) is 13.4. The van der Waals surface area contributed by atoms with E-state index in [0.29, 0.717) is 0 Å². The summed E-state index contributed by atoms with van der Waals surface area (Å²) in [4.78, 5) is 0. The van der Waals surface area contributed by atoms with Crippen molar-refractivity contribution in [3.05, 3.63) is 58.7 Å². The van der Waals surface area contributed by atoms with Crippen molar-refractivity contribution in [1.29, 1.82) is 0 Å². The summed E-state index contributed by atoms with van der Waals surface area (Å²) in [5, 5.41) is 3.73. The molecule has 110 valence electrons. The fourth-order valence-electron chi connectivity index (χ4n) is 3.33. The maximum absolute atomic E-state index is 6.12. The van der Waals surface area contributed by atoms with Gasteiger partial charge >= 0.3 is 0 Å². The number of rotatable bonds is 2. The van der Waals surface area contributed by atoms with Crippen LogP contribution in [0.3, 0.4) is 0 Å². The molecule has 1 unspecified atom stereocenters. The lowest BCUT2D eigenvalue weighted by atomic mass is 9.93. The van der Waals surface area contributed by atoms with Crippen LogP contribution in [-0.4, -0.2) is 5.60 Å². The van der Waals surface area contributed by atoms with Crippen molar-refractivity contribution in [2.45, 2.75) is 46.3 Å². The van der Waals surface area contributed by atoms with Gasteiger partial charge in [0.2, 0.25) is 0 Å². The van der Waals surface area contributed by atoms with Crippen molar-refractivity contribution < 1.29 is 4.74 Å². The molecule has 21 heavy (non-hydrogen) atoms. The molecule has 0 radical (unpaired) electrons. The highest BCUT2D eigenvalue weighted by Gasteiger charge is 2.41. The van der Waals surface area contributed by atoms with Gasteiger partial charge in [-0.15, -0.1) is 0 Å². The van der Waals surface area contributed by atoms with Gasteiger partial charge in [-0.1, -0.05) is 35.9 Å². The highest BCUT2D eigenvalue weighted by molar-refractivity contribution is 5.61. The average molecular weight is 281 g/mol. The van der Waals surface area contributed by atoms with Crippen LogP contribution < -0.4 is 10.1 Å². The minimum Gasteiger partial charge on any atom is -0.485 e. The zero-order valence-electron chi connectivity index (χ0n) is 13.4. The first-order chi connectivity index (χ1) is 9.88. The topological polar surface area (TPSA) is 21.3 Å². The highest BCUT2D eigenvalue weighted by atomic mass is 16.5. The van der Waals surface area contributed by atoms with Gasteiger partial charge in [-0.3, -0.25) is 0 Å². The molecular weight excluding hydrogens is 258 g/mol. The maximum Gasteiger partial charge on any atom is 0.128 e. The molecule has 0 saturated heterocycles. The number of hydrogen-bond acceptors (Lipinski definition) is 2. The number of benzene rings is 2. The molecule has 1 N–H and O–H groups in total. The Hall–Kier alpha value is -1.96. The van der Waals surface area contributed by atoms with E-state index < -0.39 is 0 Å². The van der Waals surface area contributed by atoms with Crippen molar-refractivity contribution in [2.24, 2.45) is 0 Å². The van der Waals surface area contributed by atoms with E-state index in [4.69, 9.17) is 4.74 Å². The maximum atomic E-state index is 6.12. The van der Waals surface area contributed by atoms with E-state index in [2.05, 4.69) is 64.2 Å². The summed E-state index contributed by atoms with van der Waals surface area (Å²) in [6.07, 6.45) is 0. The molecule has 2 aromatic rings. The molecule has 2 aromatic carbocycles. The van der Waals surface area contributed by atoms with Crippen LogP contribution in [0.2, 0.25) is 0 Å². The predicted molar refractivity (Wildman–Crippen MR) is 88.2 cm³/mol. The Bertz CT molecular complexity index is 665. The van der Waals surface area contributed by atoms with Crippen molar-refractivity contribution in [1.82, 2.24) is 0 Å². The molecule has 0 saturated carbocycles. The fraction of sp³-hybridized carbons (Fsp3) is 0.368. The molecular formula is C19H23NO. The number of para-hydroxylation sites is 1. The first-order valence-corrected chi connectivity index (χ1v) is 7.51. The van der Waals surface area contributed by atoms with Gasteiger partial charge in [0.15, 0.2) is 0 Å². The highest BCUT2D eigenvalue weighted by Crippen LogP contribution is 2.45. The largest absolute Gasteiger partial charge is 0.485 e. The molecule has 2 nitrogen and oxygen atoms in total. The van der Waals surface area contributed by atoms with Crippen LogP contribution in [-0.2, 0) is 0 Å². The van der Waals surface area contributed by atoms with Gasteiger partial charge < -0.3 is 10.1 Å². The smallest absolute Gasteiger partial charge is 0.128 e. The monoisotopic (exact) mass is 281 g/mol. The van der Waals surface area contributed by atoms with Crippen LogP contribution in [0.5, 0.6) is 5.75 Å². The molecule has 0 aliphatic carbocycles. The summed E-state index contributed by atoms with van der Waals surface area (Å²) in [6.45, 7) is 10.8. The second-order valence-corrected chi connectivity index (χ2v) is 6.59. The number of aryl methyl sites for hydroxylation is 3. The van der Waals surface area contributed by atoms with Crippen LogP contribution in [0.4, 0.5) is 5.69 Å². The van der Waals surface area contributed by atoms with Crippen LogP contribution >= 0.6 is 0 Å². The van der Waals surface area contributed by atoms with Crippen molar-refractivity contribution in [3.8, 4) is 5.75 Å². The first-order valence-electron chi connectivity index (χ1n) is 7.51. The van der Waals surface area contributed by atoms with Crippen molar-refractivity contribution in [3.63, 3.8) is 0 Å². The Morgan fingerprint density at radius 1 is 1.00 bits per heavy atom. The summed E-state index contributed by atoms with van der Waals surface area (Å²) < 4.78 is 6.12. The Morgan fingerprint density at radius 3 is 2.29 bits per heavy atom. The molecule has 0 aromatic heterocycles. The molecule has 0 bridgehead atoms. The fourth-order valence-corrected chi connectivity index (χ4v) is 3.33. The number of fused-ring (bicyclic) bond motifs is 1. The van der Waals surface area contributed by atoms with Crippen molar-refractivity contribution in [2.75, 3.05) is 5.32 Å². The third kappa shape index (κ3) is 2.39. The summed E-state index contributed by atoms with van der Waals surface area (Å²) in [7, 11) is 0. The second-order valence-electron chi connectivity index (χ2n) is 6.59. The molecule has 0 spiro atoms. The van der Waals surface area contributed by atoms with Crippen molar-refractivity contribution >= 4 is 5.69 Å². The van der Waals surface area contributed by atoms with Gasteiger partial charge in [0, 0.05) is 11.3 Å². The van der Waals surface area contributed by atoms with Crippen LogP contribution in [0, 0.1) is 20.8 Å². The minimum absolute atomic E-state index is 0.161. The number of hydrogen-bond donors (Lipinski definition) is 1. The van der Waals surface area contributed by atoms with Gasteiger partial charge in [-0.25, -0.2) is 0 Å². The number of nitrogens with one attached hydrogen (secondary N) is 1. The molecule has 1 aliphatic heterocycles. The van der Waals surface area contributed by atoms with Gasteiger partial charge in [-0.2, -0.15) is 0 Å². The summed E-state index contributed by atoms with van der Waals surface area (Å²) in [5.41, 5.74) is 6.08. The molecule has 0 amide bonds. The van der Waals surface area contributed by atoms with Crippen LogP contribution in [0.1, 0.15) is 42.1 Å². The van der Waals surface area contributed by atoms with E-state index in [1.807, 2.05) is 12.1 Å². The predicted octanol–water partition coefficient (Wildman–Crippen LogP) is 4.94. The minimum atomic E-state index is -0.256.